The van der Waals surface area contributed by atoms with Gasteiger partial charge in [-0.05, 0) is 51.2 Å². The molecule has 0 aliphatic carbocycles. The number of nitrogens with one attached hydrogen (secondary N) is 1. The lowest BCUT2D eigenvalue weighted by Crippen LogP contribution is -2.40. The normalized spacial score (nSPS) is 12.4. The number of nitrogens with zero attached hydrogens (tertiary/aromatic N) is 3. The Morgan fingerprint density at radius 3 is 2.70 bits per heavy atom. The van der Waals surface area contributed by atoms with Gasteiger partial charge in [-0.3, -0.25) is 9.69 Å². The Morgan fingerprint density at radius 2 is 2.09 bits per heavy atom. The first-order chi connectivity index (χ1) is 11.0. The van der Waals surface area contributed by atoms with Crippen LogP contribution in [0.2, 0.25) is 0 Å². The van der Waals surface area contributed by atoms with Gasteiger partial charge in [0.2, 0.25) is 5.91 Å². The average Bonchev–Trinajstić information content (AvgIpc) is 2.94. The van der Waals surface area contributed by atoms with Crippen LogP contribution >= 0.6 is 0 Å². The summed E-state index contributed by atoms with van der Waals surface area (Å²) >= 11 is 0. The molecule has 1 aromatic carbocycles. The first-order valence-electron chi connectivity index (χ1n) is 7.70. The second-order valence-corrected chi connectivity index (χ2v) is 5.71. The number of aryl methyl sites for hydroxylation is 2. The third-order valence-electron chi connectivity index (χ3n) is 3.98. The maximum Gasteiger partial charge on any atom is 0.241 e. The molecule has 5 nitrogen and oxygen atoms in total. The Labute approximate surface area is 136 Å². The third-order valence-corrected chi connectivity index (χ3v) is 3.98. The number of likely N-dealkylation sites (N-methyl/N-ethyl adjacent to an activating group) is 1. The van der Waals surface area contributed by atoms with Gasteiger partial charge in [0.15, 0.2) is 0 Å². The van der Waals surface area contributed by atoms with Crippen LogP contribution in [0.25, 0.3) is 0 Å². The van der Waals surface area contributed by atoms with Crippen molar-refractivity contribution in [3.63, 3.8) is 0 Å². The number of anilines is 1. The molecule has 0 saturated heterocycles. The standard InChI is InChI=1S/C17H23FN4O/c1-13(17(23)20-15-8-6-14(18)7-9-15)21(2)11-4-5-16-19-10-12-22(16)3/h6-10,12-13H,4-5,11H2,1-3H3,(H,20,23)/t13-/m0/s1. The van der Waals surface area contributed by atoms with Crippen molar-refractivity contribution in [3.8, 4) is 0 Å². The van der Waals surface area contributed by atoms with E-state index in [-0.39, 0.29) is 17.8 Å². The summed E-state index contributed by atoms with van der Waals surface area (Å²) in [6.45, 7) is 2.66. The van der Waals surface area contributed by atoms with Gasteiger partial charge in [0.1, 0.15) is 11.6 Å². The van der Waals surface area contributed by atoms with Gasteiger partial charge >= 0.3 is 0 Å². The Kier molecular flexibility index (Phi) is 5.87. The van der Waals surface area contributed by atoms with Gasteiger partial charge in [-0.25, -0.2) is 9.37 Å². The van der Waals surface area contributed by atoms with E-state index >= 15 is 0 Å². The predicted molar refractivity (Wildman–Crippen MR) is 88.7 cm³/mol. The van der Waals surface area contributed by atoms with E-state index in [2.05, 4.69) is 10.3 Å². The summed E-state index contributed by atoms with van der Waals surface area (Å²) in [5.41, 5.74) is 0.602. The molecule has 6 heteroatoms. The number of carbonyl (C=O) groups excluding carboxylic acids is 1. The van der Waals surface area contributed by atoms with E-state index < -0.39 is 0 Å². The molecule has 0 bridgehead atoms. The van der Waals surface area contributed by atoms with E-state index in [9.17, 15) is 9.18 Å². The van der Waals surface area contributed by atoms with Gasteiger partial charge in [0.05, 0.1) is 6.04 Å². The molecule has 0 spiro atoms. The van der Waals surface area contributed by atoms with E-state index in [4.69, 9.17) is 0 Å². The molecule has 1 atom stereocenters. The Balaban J connectivity index is 1.79. The lowest BCUT2D eigenvalue weighted by atomic mass is 10.2. The molecule has 23 heavy (non-hydrogen) atoms. The van der Waals surface area contributed by atoms with Crippen LogP contribution in [0.3, 0.4) is 0 Å². The fourth-order valence-electron chi connectivity index (χ4n) is 2.30. The maximum atomic E-state index is 12.9. The molecule has 0 saturated carbocycles. The summed E-state index contributed by atoms with van der Waals surface area (Å²) in [6, 6.07) is 5.51. The highest BCUT2D eigenvalue weighted by atomic mass is 19.1. The molecule has 0 unspecified atom stereocenters. The summed E-state index contributed by atoms with van der Waals surface area (Å²) < 4.78 is 14.9. The molecule has 2 aromatic rings. The van der Waals surface area contributed by atoms with Crippen molar-refractivity contribution in [1.29, 1.82) is 0 Å². The van der Waals surface area contributed by atoms with E-state index in [1.54, 1.807) is 18.3 Å². The zero-order chi connectivity index (χ0) is 16.8. The minimum atomic E-state index is -0.317. The van der Waals surface area contributed by atoms with Crippen LogP contribution in [0, 0.1) is 5.82 Å². The maximum absolute atomic E-state index is 12.9. The van der Waals surface area contributed by atoms with Crippen molar-refractivity contribution >= 4 is 11.6 Å². The van der Waals surface area contributed by atoms with Crippen LogP contribution in [0.1, 0.15) is 19.2 Å². The minimum absolute atomic E-state index is 0.101. The first kappa shape index (κ1) is 17.1. The van der Waals surface area contributed by atoms with Crippen LogP contribution in [0.5, 0.6) is 0 Å². The van der Waals surface area contributed by atoms with Crippen molar-refractivity contribution in [2.45, 2.75) is 25.8 Å². The Morgan fingerprint density at radius 1 is 1.39 bits per heavy atom. The number of hydrogen-bond acceptors (Lipinski definition) is 3. The number of imidazole rings is 1. The van der Waals surface area contributed by atoms with Crippen LogP contribution < -0.4 is 5.32 Å². The monoisotopic (exact) mass is 318 g/mol. The number of aromatic nitrogens is 2. The van der Waals surface area contributed by atoms with E-state index in [0.29, 0.717) is 5.69 Å². The number of amides is 1. The molecule has 0 fully saturated rings. The summed E-state index contributed by atoms with van der Waals surface area (Å²) in [5.74, 6) is 0.625. The van der Waals surface area contributed by atoms with Gasteiger partial charge in [-0.15, -0.1) is 0 Å². The van der Waals surface area contributed by atoms with Crippen LogP contribution in [0.15, 0.2) is 36.7 Å². The molecule has 0 aliphatic heterocycles. The Hall–Kier alpha value is -2.21. The summed E-state index contributed by atoms with van der Waals surface area (Å²) in [4.78, 5) is 18.5. The highest BCUT2D eigenvalue weighted by molar-refractivity contribution is 5.94. The number of benzene rings is 1. The van der Waals surface area contributed by atoms with Gasteiger partial charge < -0.3 is 9.88 Å². The molecule has 1 amide bonds. The summed E-state index contributed by atoms with van der Waals surface area (Å²) in [6.07, 6.45) is 5.52. The number of carbonyl (C=O) groups is 1. The highest BCUT2D eigenvalue weighted by Crippen LogP contribution is 2.10. The molecule has 1 N–H and O–H groups in total. The van der Waals surface area contributed by atoms with Gasteiger partial charge in [0, 0.05) is 31.5 Å². The van der Waals surface area contributed by atoms with Gasteiger partial charge in [-0.1, -0.05) is 0 Å². The van der Waals surface area contributed by atoms with E-state index in [1.165, 1.54) is 12.1 Å². The largest absolute Gasteiger partial charge is 0.338 e. The van der Waals surface area contributed by atoms with Crippen molar-refractivity contribution in [2.24, 2.45) is 7.05 Å². The summed E-state index contributed by atoms with van der Waals surface area (Å²) in [7, 11) is 3.90. The van der Waals surface area contributed by atoms with Crippen LogP contribution in [-0.2, 0) is 18.3 Å². The van der Waals surface area contributed by atoms with Crippen molar-refractivity contribution in [3.05, 3.63) is 48.3 Å². The zero-order valence-electron chi connectivity index (χ0n) is 13.8. The SMILES string of the molecule is C[C@@H](C(=O)Nc1ccc(F)cc1)N(C)CCCc1nccn1C. The minimum Gasteiger partial charge on any atom is -0.338 e. The molecule has 2 rings (SSSR count). The van der Waals surface area contributed by atoms with Crippen molar-refractivity contribution < 1.29 is 9.18 Å². The second kappa shape index (κ2) is 7.87. The topological polar surface area (TPSA) is 50.2 Å². The Bertz CT molecular complexity index is 638. The summed E-state index contributed by atoms with van der Waals surface area (Å²) in [5, 5.41) is 2.80. The smallest absolute Gasteiger partial charge is 0.241 e. The van der Waals surface area contributed by atoms with Gasteiger partial charge in [0.25, 0.3) is 0 Å². The molecule has 1 heterocycles. The third kappa shape index (κ3) is 4.89. The second-order valence-electron chi connectivity index (χ2n) is 5.71. The molecule has 1 aromatic heterocycles. The predicted octanol–water partition coefficient (Wildman–Crippen LogP) is 2.45. The molecule has 0 radical (unpaired) electrons. The van der Waals surface area contributed by atoms with E-state index in [0.717, 1.165) is 25.2 Å². The van der Waals surface area contributed by atoms with Crippen LogP contribution in [0.4, 0.5) is 10.1 Å². The lowest BCUT2D eigenvalue weighted by Gasteiger charge is -2.23. The average molecular weight is 318 g/mol. The fourth-order valence-corrected chi connectivity index (χ4v) is 2.30. The van der Waals surface area contributed by atoms with Crippen molar-refractivity contribution in [2.75, 3.05) is 18.9 Å². The van der Waals surface area contributed by atoms with Crippen LogP contribution in [-0.4, -0.2) is 40.0 Å². The van der Waals surface area contributed by atoms with E-state index in [1.807, 2.05) is 36.7 Å². The van der Waals surface area contributed by atoms with Crippen molar-refractivity contribution in [1.82, 2.24) is 14.5 Å². The zero-order valence-corrected chi connectivity index (χ0v) is 13.8. The lowest BCUT2D eigenvalue weighted by molar-refractivity contribution is -0.120. The highest BCUT2D eigenvalue weighted by Gasteiger charge is 2.18. The molecular weight excluding hydrogens is 295 g/mol. The molecular formula is C17H23FN4O. The fraction of sp³-hybridized carbons (Fsp3) is 0.412. The molecule has 124 valence electrons. The quantitative estimate of drug-likeness (QED) is 0.853. The first-order valence-corrected chi connectivity index (χ1v) is 7.70. The number of hydrogen-bond donors (Lipinski definition) is 1. The number of halogens is 1. The van der Waals surface area contributed by atoms with Gasteiger partial charge in [-0.2, -0.15) is 0 Å². The molecule has 0 aliphatic rings. The number of rotatable bonds is 7.